The molecule has 1 fully saturated rings. The maximum absolute atomic E-state index is 2.61. The van der Waals surface area contributed by atoms with E-state index in [0.29, 0.717) is 0 Å². The molecular weight excluding hydrogens is 254 g/mol. The van der Waals surface area contributed by atoms with Crippen molar-refractivity contribution in [2.45, 2.75) is 32.7 Å². The number of likely N-dealkylation sites (tertiary alicyclic amines) is 1. The SMILES string of the molecule is Cc1ccccc1CN1CCC(Cc2ccccc2)CC1. The fourth-order valence-electron chi connectivity index (χ4n) is 3.32. The Morgan fingerprint density at radius 3 is 2.29 bits per heavy atom. The molecular formula is C20H25N. The summed E-state index contributed by atoms with van der Waals surface area (Å²) in [7, 11) is 0. The number of nitrogens with zero attached hydrogens (tertiary/aromatic N) is 1. The summed E-state index contributed by atoms with van der Waals surface area (Å²) >= 11 is 0. The first-order chi connectivity index (χ1) is 10.3. The summed E-state index contributed by atoms with van der Waals surface area (Å²) in [5, 5.41) is 0. The van der Waals surface area contributed by atoms with Gasteiger partial charge in [0.25, 0.3) is 0 Å². The molecule has 3 rings (SSSR count). The van der Waals surface area contributed by atoms with E-state index < -0.39 is 0 Å². The van der Waals surface area contributed by atoms with Gasteiger partial charge < -0.3 is 0 Å². The molecule has 0 aromatic heterocycles. The first-order valence-corrected chi connectivity index (χ1v) is 8.12. The van der Waals surface area contributed by atoms with Gasteiger partial charge >= 0.3 is 0 Å². The second-order valence-electron chi connectivity index (χ2n) is 6.34. The number of piperidine rings is 1. The summed E-state index contributed by atoms with van der Waals surface area (Å²) in [6, 6.07) is 19.7. The van der Waals surface area contributed by atoms with E-state index in [9.17, 15) is 0 Å². The molecule has 0 spiro atoms. The lowest BCUT2D eigenvalue weighted by atomic mass is 9.90. The fraction of sp³-hybridized carbons (Fsp3) is 0.400. The highest BCUT2D eigenvalue weighted by Crippen LogP contribution is 2.23. The van der Waals surface area contributed by atoms with Crippen molar-refractivity contribution >= 4 is 0 Å². The largest absolute Gasteiger partial charge is 0.299 e. The first kappa shape index (κ1) is 14.3. The molecule has 0 atom stereocenters. The van der Waals surface area contributed by atoms with Crippen LogP contribution in [-0.2, 0) is 13.0 Å². The zero-order valence-corrected chi connectivity index (χ0v) is 13.0. The Bertz CT molecular complexity index is 553. The molecule has 1 aliphatic heterocycles. The van der Waals surface area contributed by atoms with Gasteiger partial charge in [0.05, 0.1) is 0 Å². The van der Waals surface area contributed by atoms with Crippen LogP contribution in [0.15, 0.2) is 54.6 Å². The van der Waals surface area contributed by atoms with Crippen molar-refractivity contribution in [3.63, 3.8) is 0 Å². The fourth-order valence-corrected chi connectivity index (χ4v) is 3.32. The summed E-state index contributed by atoms with van der Waals surface area (Å²) in [5.74, 6) is 0.862. The average Bonchev–Trinajstić information content (AvgIpc) is 2.52. The molecule has 2 aromatic carbocycles. The van der Waals surface area contributed by atoms with Gasteiger partial charge in [0.2, 0.25) is 0 Å². The third kappa shape index (κ3) is 3.95. The van der Waals surface area contributed by atoms with Crippen molar-refractivity contribution in [1.29, 1.82) is 0 Å². The van der Waals surface area contributed by atoms with Gasteiger partial charge in [-0.2, -0.15) is 0 Å². The van der Waals surface area contributed by atoms with Crippen molar-refractivity contribution in [2.24, 2.45) is 5.92 Å². The average molecular weight is 279 g/mol. The van der Waals surface area contributed by atoms with Gasteiger partial charge in [0.1, 0.15) is 0 Å². The molecule has 0 N–H and O–H groups in total. The maximum Gasteiger partial charge on any atom is 0.0236 e. The lowest BCUT2D eigenvalue weighted by Crippen LogP contribution is -2.34. The van der Waals surface area contributed by atoms with E-state index in [1.54, 1.807) is 0 Å². The Morgan fingerprint density at radius 2 is 1.57 bits per heavy atom. The van der Waals surface area contributed by atoms with Crippen LogP contribution in [0.3, 0.4) is 0 Å². The van der Waals surface area contributed by atoms with E-state index in [1.165, 1.54) is 49.0 Å². The van der Waals surface area contributed by atoms with Crippen LogP contribution in [0.4, 0.5) is 0 Å². The lowest BCUT2D eigenvalue weighted by Gasteiger charge is -2.32. The van der Waals surface area contributed by atoms with E-state index in [0.717, 1.165) is 12.5 Å². The molecule has 1 aliphatic rings. The van der Waals surface area contributed by atoms with Crippen LogP contribution in [-0.4, -0.2) is 18.0 Å². The first-order valence-electron chi connectivity index (χ1n) is 8.12. The zero-order valence-electron chi connectivity index (χ0n) is 13.0. The topological polar surface area (TPSA) is 3.24 Å². The summed E-state index contributed by atoms with van der Waals surface area (Å²) in [5.41, 5.74) is 4.40. The lowest BCUT2D eigenvalue weighted by molar-refractivity contribution is 0.177. The van der Waals surface area contributed by atoms with Crippen LogP contribution in [0, 0.1) is 12.8 Å². The molecule has 110 valence electrons. The molecule has 1 nitrogen and oxygen atoms in total. The predicted octanol–water partition coefficient (Wildman–Crippen LogP) is 4.45. The van der Waals surface area contributed by atoms with Crippen LogP contribution in [0.1, 0.15) is 29.5 Å². The predicted molar refractivity (Wildman–Crippen MR) is 89.3 cm³/mol. The molecule has 2 aromatic rings. The zero-order chi connectivity index (χ0) is 14.5. The minimum absolute atomic E-state index is 0.862. The highest BCUT2D eigenvalue weighted by Gasteiger charge is 2.19. The van der Waals surface area contributed by atoms with Crippen molar-refractivity contribution in [3.8, 4) is 0 Å². The molecule has 1 saturated heterocycles. The Labute approximate surface area is 128 Å². The number of benzene rings is 2. The normalized spacial score (nSPS) is 17.0. The molecule has 0 saturated carbocycles. The van der Waals surface area contributed by atoms with Crippen molar-refractivity contribution in [2.75, 3.05) is 13.1 Å². The Kier molecular flexibility index (Phi) is 4.72. The van der Waals surface area contributed by atoms with Crippen LogP contribution < -0.4 is 0 Å². The summed E-state index contributed by atoms with van der Waals surface area (Å²) in [4.78, 5) is 2.61. The minimum Gasteiger partial charge on any atom is -0.299 e. The molecule has 0 amide bonds. The van der Waals surface area contributed by atoms with Gasteiger partial charge in [0, 0.05) is 6.54 Å². The molecule has 0 radical (unpaired) electrons. The smallest absolute Gasteiger partial charge is 0.0236 e. The van der Waals surface area contributed by atoms with E-state index >= 15 is 0 Å². The van der Waals surface area contributed by atoms with Crippen LogP contribution in [0.2, 0.25) is 0 Å². The minimum atomic E-state index is 0.862. The third-order valence-corrected chi connectivity index (χ3v) is 4.73. The van der Waals surface area contributed by atoms with Gasteiger partial charge in [-0.25, -0.2) is 0 Å². The summed E-state index contributed by atoms with van der Waals surface area (Å²) < 4.78 is 0. The van der Waals surface area contributed by atoms with Crippen molar-refractivity contribution < 1.29 is 0 Å². The molecule has 1 heteroatoms. The van der Waals surface area contributed by atoms with Crippen molar-refractivity contribution in [3.05, 3.63) is 71.3 Å². The van der Waals surface area contributed by atoms with Gasteiger partial charge in [0.15, 0.2) is 0 Å². The quantitative estimate of drug-likeness (QED) is 0.799. The highest BCUT2D eigenvalue weighted by molar-refractivity contribution is 5.25. The molecule has 21 heavy (non-hydrogen) atoms. The Hall–Kier alpha value is -1.60. The van der Waals surface area contributed by atoms with Crippen LogP contribution >= 0.6 is 0 Å². The summed E-state index contributed by atoms with van der Waals surface area (Å²) in [6.45, 7) is 5.82. The number of aryl methyl sites for hydroxylation is 1. The van der Waals surface area contributed by atoms with Crippen LogP contribution in [0.25, 0.3) is 0 Å². The third-order valence-electron chi connectivity index (χ3n) is 4.73. The second-order valence-corrected chi connectivity index (χ2v) is 6.34. The molecule has 0 unspecified atom stereocenters. The second kappa shape index (κ2) is 6.91. The van der Waals surface area contributed by atoms with Crippen LogP contribution in [0.5, 0.6) is 0 Å². The number of hydrogen-bond acceptors (Lipinski definition) is 1. The van der Waals surface area contributed by atoms with Crippen molar-refractivity contribution in [1.82, 2.24) is 4.90 Å². The molecule has 1 heterocycles. The Morgan fingerprint density at radius 1 is 0.905 bits per heavy atom. The number of rotatable bonds is 4. The highest BCUT2D eigenvalue weighted by atomic mass is 15.1. The van der Waals surface area contributed by atoms with E-state index in [-0.39, 0.29) is 0 Å². The van der Waals surface area contributed by atoms with E-state index in [1.807, 2.05) is 0 Å². The summed E-state index contributed by atoms with van der Waals surface area (Å²) in [6.07, 6.45) is 3.92. The maximum atomic E-state index is 2.61. The van der Waals surface area contributed by atoms with Gasteiger partial charge in [-0.3, -0.25) is 4.90 Å². The standard InChI is InChI=1S/C20H25N/c1-17-7-5-6-10-20(17)16-21-13-11-19(12-14-21)15-18-8-3-2-4-9-18/h2-10,19H,11-16H2,1H3. The molecule has 0 bridgehead atoms. The van der Waals surface area contributed by atoms with E-state index in [4.69, 9.17) is 0 Å². The van der Waals surface area contributed by atoms with Gasteiger partial charge in [-0.15, -0.1) is 0 Å². The Balaban J connectivity index is 1.50. The molecule has 0 aliphatic carbocycles. The van der Waals surface area contributed by atoms with Gasteiger partial charge in [-0.05, 0) is 61.9 Å². The number of hydrogen-bond donors (Lipinski definition) is 0. The van der Waals surface area contributed by atoms with E-state index in [2.05, 4.69) is 66.4 Å². The monoisotopic (exact) mass is 279 g/mol. The van der Waals surface area contributed by atoms with Gasteiger partial charge in [-0.1, -0.05) is 54.6 Å².